The van der Waals surface area contributed by atoms with Crippen LogP contribution in [0.1, 0.15) is 13.8 Å². The summed E-state index contributed by atoms with van der Waals surface area (Å²) in [6, 6.07) is 21.9. The first kappa shape index (κ1) is 45.3. The van der Waals surface area contributed by atoms with Crippen molar-refractivity contribution in [3.05, 3.63) is 99.1 Å². The van der Waals surface area contributed by atoms with E-state index in [1.165, 1.54) is 0 Å². The Labute approximate surface area is 270 Å². The molecular weight excluding hydrogens is 796 g/mol. The molecule has 0 fully saturated rings. The number of rotatable bonds is 3. The van der Waals surface area contributed by atoms with Gasteiger partial charge in [0.2, 0.25) is 0 Å². The van der Waals surface area contributed by atoms with Crippen LogP contribution < -0.4 is 0 Å². The minimum atomic E-state index is -6.09. The molecule has 0 amide bonds. The van der Waals surface area contributed by atoms with E-state index in [1.807, 2.05) is 56.3 Å². The Morgan fingerprint density at radius 3 is 1.53 bits per heavy atom. The standard InChI is InChI=1S/C12H8N2.C7H6N4.C4H10O.CHF3O3S.3CO.Re/c1-3-9-5-6-10-4-2-8-14-12(10)11(9)13-7-1;1-2-4-6(5-3-1)7-8-10-11-9-7;1-3-5-4-2;2-1(3,4)8(5,6)7;3*1-2;/h1-8H;1-5H,(H,8,9,10,11);3-4H2,1-2H3;(H,5,6,7);;;;/p-1. The predicted octanol–water partition coefficient (Wildman–Crippen LogP) is 4.63. The topological polar surface area (TPSA) is 206 Å². The Balaban J connectivity index is -0.000000516. The van der Waals surface area contributed by atoms with E-state index >= 15 is 0 Å². The minimum Gasteiger partial charge on any atom is -0.254 e. The summed E-state index contributed by atoms with van der Waals surface area (Å²) in [5.74, 6) is 0.700. The second-order valence-electron chi connectivity index (χ2n) is 7.01. The van der Waals surface area contributed by atoms with Crippen molar-refractivity contribution in [2.45, 2.75) is 19.4 Å². The van der Waals surface area contributed by atoms with Gasteiger partial charge in [0.15, 0.2) is 15.9 Å². The molecule has 0 aliphatic carbocycles. The van der Waals surface area contributed by atoms with Crippen LogP contribution in [0.4, 0.5) is 13.2 Å². The molecule has 5 aromatic rings. The zero-order chi connectivity index (χ0) is 34.0. The monoisotopic (exact) mass is 820 g/mol. The molecule has 0 spiro atoms. The van der Waals surface area contributed by atoms with Crippen molar-refractivity contribution >= 4 is 31.9 Å². The number of aromatic nitrogens is 6. The molecule has 13 nitrogen and oxygen atoms in total. The van der Waals surface area contributed by atoms with Gasteiger partial charge in [0.1, 0.15) is 0 Å². The Kier molecular flexibility index (Phi) is 26.5. The summed E-state index contributed by atoms with van der Waals surface area (Å²) in [6.07, 6.45) is 3.60. The van der Waals surface area contributed by atoms with Crippen molar-refractivity contribution in [2.75, 3.05) is 13.2 Å². The average Bonchev–Trinajstić information content (AvgIpc) is 3.60. The number of nitrogens with zero attached hydrogens (tertiary/aromatic N) is 5. The fourth-order valence-corrected chi connectivity index (χ4v) is 2.76. The zero-order valence-electron chi connectivity index (χ0n) is 23.4. The smallest absolute Gasteiger partial charge is 0.179 e. The van der Waals surface area contributed by atoms with Crippen LogP contribution in [0.5, 0.6) is 0 Å². The van der Waals surface area contributed by atoms with E-state index in [-0.39, 0.29) is 20.4 Å². The van der Waals surface area contributed by atoms with E-state index in [0.29, 0.717) is 5.82 Å². The molecule has 45 heavy (non-hydrogen) atoms. The summed E-state index contributed by atoms with van der Waals surface area (Å²) in [5.41, 5.74) is -2.69. The molecular formula is C27H24F3N6O7ReS-. The summed E-state index contributed by atoms with van der Waals surface area (Å²) in [4.78, 5) is 8.69. The van der Waals surface area contributed by atoms with Gasteiger partial charge in [-0.05, 0) is 36.4 Å². The SMILES string of the molecule is CCOCC.O=S(=O)([O-])C(F)(F)F.[C-]#[O+].[C-]#[O+].[C-]#[O+].[Re].c1ccc(-c2nnn[nH]2)cc1.c1cnc2c(c1)ccc1cccnc12. The van der Waals surface area contributed by atoms with Crippen LogP contribution in [-0.2, 0) is 49.2 Å². The van der Waals surface area contributed by atoms with Crippen molar-refractivity contribution in [1.82, 2.24) is 30.6 Å². The van der Waals surface area contributed by atoms with Gasteiger partial charge in [0.25, 0.3) is 0 Å². The van der Waals surface area contributed by atoms with Crippen LogP contribution in [0.3, 0.4) is 0 Å². The van der Waals surface area contributed by atoms with Crippen LogP contribution in [0, 0.1) is 20.0 Å². The van der Waals surface area contributed by atoms with Crippen LogP contribution in [-0.4, -0.2) is 62.3 Å². The van der Waals surface area contributed by atoms with Gasteiger partial charge in [-0.3, -0.25) is 9.97 Å². The van der Waals surface area contributed by atoms with Crippen LogP contribution in [0.15, 0.2) is 79.1 Å². The van der Waals surface area contributed by atoms with Gasteiger partial charge in [-0.2, -0.15) is 13.2 Å². The predicted molar refractivity (Wildman–Crippen MR) is 146 cm³/mol. The fourth-order valence-electron chi connectivity index (χ4n) is 2.76. The first-order valence-electron chi connectivity index (χ1n) is 11.7. The third-order valence-electron chi connectivity index (χ3n) is 4.43. The third-order valence-corrected chi connectivity index (χ3v) is 5.00. The second-order valence-corrected chi connectivity index (χ2v) is 8.38. The maximum Gasteiger partial charge on any atom is 0.179 e. The zero-order valence-corrected chi connectivity index (χ0v) is 27.0. The number of benzene rings is 2. The maximum absolute atomic E-state index is 10.7. The normalized spacial score (nSPS) is 9.33. The molecule has 0 saturated heterocycles. The number of hydrogen-bond acceptors (Lipinski definition) is 9. The molecule has 0 aliphatic rings. The third kappa shape index (κ3) is 17.7. The van der Waals surface area contributed by atoms with Crippen LogP contribution in [0.2, 0.25) is 0 Å². The molecule has 5 rings (SSSR count). The molecule has 3 heterocycles. The van der Waals surface area contributed by atoms with Crippen LogP contribution >= 0.6 is 0 Å². The Hall–Kier alpha value is -4.13. The number of alkyl halides is 3. The fraction of sp³-hybridized carbons (Fsp3) is 0.185. The summed E-state index contributed by atoms with van der Waals surface area (Å²) < 4.78 is 86.2. The van der Waals surface area contributed by atoms with Gasteiger partial charge in [-0.1, -0.05) is 54.6 Å². The van der Waals surface area contributed by atoms with E-state index in [2.05, 4.69) is 74.8 Å². The Morgan fingerprint density at radius 1 is 0.800 bits per heavy atom. The van der Waals surface area contributed by atoms with Crippen LogP contribution in [0.25, 0.3) is 33.2 Å². The quantitative estimate of drug-likeness (QED) is 0.0885. The van der Waals surface area contributed by atoms with Gasteiger partial charge >= 0.3 is 39.4 Å². The van der Waals surface area contributed by atoms with Gasteiger partial charge < -0.3 is 9.29 Å². The van der Waals surface area contributed by atoms with Gasteiger partial charge in [-0.15, -0.1) is 5.10 Å². The number of halogens is 3. The van der Waals surface area contributed by atoms with Crippen molar-refractivity contribution in [3.8, 4) is 11.4 Å². The molecule has 1 radical (unpaired) electrons. The van der Waals surface area contributed by atoms with Gasteiger partial charge in [-0.25, -0.2) is 13.5 Å². The van der Waals surface area contributed by atoms with Gasteiger partial charge in [0.05, 0.1) is 11.0 Å². The molecule has 0 unspecified atom stereocenters. The second kappa shape index (κ2) is 26.3. The van der Waals surface area contributed by atoms with E-state index in [1.54, 1.807) is 12.4 Å². The number of pyridine rings is 2. The van der Waals surface area contributed by atoms with Crippen molar-refractivity contribution in [2.24, 2.45) is 0 Å². The number of H-pyrrole nitrogens is 1. The molecule has 3 aromatic heterocycles. The molecule has 18 heteroatoms. The average molecular weight is 820 g/mol. The van der Waals surface area contributed by atoms with E-state index in [4.69, 9.17) is 31.7 Å². The number of fused-ring (bicyclic) bond motifs is 3. The minimum absolute atomic E-state index is 0. The summed E-state index contributed by atoms with van der Waals surface area (Å²) in [6.45, 7) is 19.2. The number of nitrogens with one attached hydrogen (secondary N) is 1. The number of aromatic amines is 1. The first-order chi connectivity index (χ1) is 21.1. The molecule has 0 bridgehead atoms. The molecule has 1 N–H and O–H groups in total. The molecule has 239 valence electrons. The maximum atomic E-state index is 10.7. The molecule has 2 aromatic carbocycles. The van der Waals surface area contributed by atoms with Crippen molar-refractivity contribution in [3.63, 3.8) is 0 Å². The summed E-state index contributed by atoms with van der Waals surface area (Å²) >= 11 is 0. The number of ether oxygens (including phenoxy) is 1. The Bertz CT molecular complexity index is 1570. The first-order valence-corrected chi connectivity index (χ1v) is 13.1. The van der Waals surface area contributed by atoms with Crippen molar-refractivity contribution < 1.29 is 65.3 Å². The number of tetrazole rings is 1. The molecule has 0 aliphatic heterocycles. The molecule has 0 atom stereocenters. The summed E-state index contributed by atoms with van der Waals surface area (Å²) in [5, 5.41) is 15.7. The van der Waals surface area contributed by atoms with E-state index in [0.717, 1.165) is 40.6 Å². The van der Waals surface area contributed by atoms with Crippen molar-refractivity contribution in [1.29, 1.82) is 0 Å². The number of hydrogen-bond donors (Lipinski definition) is 1. The van der Waals surface area contributed by atoms with E-state index < -0.39 is 15.6 Å². The summed E-state index contributed by atoms with van der Waals surface area (Å²) in [7, 11) is -6.09. The Morgan fingerprint density at radius 2 is 1.22 bits per heavy atom. The molecule has 0 saturated carbocycles. The largest absolute Gasteiger partial charge is 0.254 e. The van der Waals surface area contributed by atoms with E-state index in [9.17, 15) is 13.2 Å². The van der Waals surface area contributed by atoms with Gasteiger partial charge in [0, 0.05) is 62.4 Å².